The lowest BCUT2D eigenvalue weighted by Crippen LogP contribution is -2.34. The molecule has 0 aromatic heterocycles. The minimum atomic E-state index is -4.58. The summed E-state index contributed by atoms with van der Waals surface area (Å²) in [4.78, 5) is 0. The molecule has 84 valence electrons. The third kappa shape index (κ3) is 4.09. The van der Waals surface area contributed by atoms with Crippen LogP contribution in [0.15, 0.2) is 28.7 Å². The minimum absolute atomic E-state index is 0.529. The van der Waals surface area contributed by atoms with Gasteiger partial charge in [-0.2, -0.15) is 13.2 Å². The SMILES string of the molecule is OC(CNc1ccc(Br)cc1)C(F)(F)F. The average Bonchev–Trinajstić information content (AvgIpc) is 2.15. The number of alkyl halides is 3. The summed E-state index contributed by atoms with van der Waals surface area (Å²) >= 11 is 3.20. The van der Waals surface area contributed by atoms with Crippen LogP contribution in [-0.2, 0) is 0 Å². The third-order valence-corrected chi connectivity index (χ3v) is 2.25. The first-order valence-electron chi connectivity index (χ1n) is 4.14. The van der Waals surface area contributed by atoms with E-state index in [0.29, 0.717) is 5.69 Å². The van der Waals surface area contributed by atoms with Gasteiger partial charge in [-0.15, -0.1) is 0 Å². The fraction of sp³-hybridized carbons (Fsp3) is 0.333. The minimum Gasteiger partial charge on any atom is -0.382 e. The molecule has 0 aliphatic carbocycles. The maximum atomic E-state index is 11.9. The molecule has 0 heterocycles. The van der Waals surface area contributed by atoms with Gasteiger partial charge in [-0.05, 0) is 24.3 Å². The van der Waals surface area contributed by atoms with Crippen LogP contribution in [0.3, 0.4) is 0 Å². The molecule has 0 spiro atoms. The molecule has 0 fully saturated rings. The standard InChI is InChI=1S/C9H9BrF3NO/c10-6-1-3-7(4-2-6)14-5-8(15)9(11,12)13/h1-4,8,14-15H,5H2. The molecule has 2 N–H and O–H groups in total. The molecule has 0 aliphatic heterocycles. The molecule has 0 aliphatic rings. The highest BCUT2D eigenvalue weighted by atomic mass is 79.9. The summed E-state index contributed by atoms with van der Waals surface area (Å²) in [7, 11) is 0. The lowest BCUT2D eigenvalue weighted by atomic mass is 10.3. The molecule has 0 saturated heterocycles. The van der Waals surface area contributed by atoms with E-state index in [4.69, 9.17) is 5.11 Å². The molecule has 1 aromatic rings. The second-order valence-corrected chi connectivity index (χ2v) is 3.86. The van der Waals surface area contributed by atoms with Gasteiger partial charge in [0.1, 0.15) is 0 Å². The fourth-order valence-corrected chi connectivity index (χ4v) is 1.16. The molecule has 0 radical (unpaired) electrons. The second kappa shape index (κ2) is 4.85. The predicted molar refractivity (Wildman–Crippen MR) is 54.7 cm³/mol. The van der Waals surface area contributed by atoms with Crippen LogP contribution in [0.2, 0.25) is 0 Å². The van der Waals surface area contributed by atoms with Crippen LogP contribution >= 0.6 is 15.9 Å². The topological polar surface area (TPSA) is 32.3 Å². The highest BCUT2D eigenvalue weighted by molar-refractivity contribution is 9.10. The normalized spacial score (nSPS) is 13.7. The molecule has 1 aromatic carbocycles. The van der Waals surface area contributed by atoms with Crippen molar-refractivity contribution in [2.24, 2.45) is 0 Å². The summed E-state index contributed by atoms with van der Waals surface area (Å²) in [5, 5.41) is 11.2. The van der Waals surface area contributed by atoms with Crippen LogP contribution in [0.5, 0.6) is 0 Å². The molecule has 15 heavy (non-hydrogen) atoms. The van der Waals surface area contributed by atoms with Crippen LogP contribution < -0.4 is 5.32 Å². The molecule has 1 atom stereocenters. The summed E-state index contributed by atoms with van der Waals surface area (Å²) in [5.41, 5.74) is 0.529. The van der Waals surface area contributed by atoms with Crippen molar-refractivity contribution in [1.82, 2.24) is 0 Å². The van der Waals surface area contributed by atoms with Crippen molar-refractivity contribution in [1.29, 1.82) is 0 Å². The van der Waals surface area contributed by atoms with Crippen molar-refractivity contribution in [3.63, 3.8) is 0 Å². The molecule has 1 unspecified atom stereocenters. The van der Waals surface area contributed by atoms with Gasteiger partial charge in [0.15, 0.2) is 6.10 Å². The molecule has 2 nitrogen and oxygen atoms in total. The lowest BCUT2D eigenvalue weighted by molar-refractivity contribution is -0.198. The van der Waals surface area contributed by atoms with Crippen LogP contribution in [0.1, 0.15) is 0 Å². The third-order valence-electron chi connectivity index (χ3n) is 1.72. The Balaban J connectivity index is 2.47. The highest BCUT2D eigenvalue weighted by Gasteiger charge is 2.37. The average molecular weight is 284 g/mol. The molecule has 0 saturated carbocycles. The van der Waals surface area contributed by atoms with E-state index >= 15 is 0 Å². The highest BCUT2D eigenvalue weighted by Crippen LogP contribution is 2.21. The molecule has 6 heteroatoms. The van der Waals surface area contributed by atoms with E-state index in [0.717, 1.165) is 4.47 Å². The summed E-state index contributed by atoms with van der Waals surface area (Å²) in [6.07, 6.45) is -6.93. The number of nitrogens with one attached hydrogen (secondary N) is 1. The lowest BCUT2D eigenvalue weighted by Gasteiger charge is -2.15. The van der Waals surface area contributed by atoms with Crippen LogP contribution in [0, 0.1) is 0 Å². The number of benzene rings is 1. The van der Waals surface area contributed by atoms with Crippen molar-refractivity contribution in [3.8, 4) is 0 Å². The first-order chi connectivity index (χ1) is 6.89. The molecular weight excluding hydrogens is 275 g/mol. The molecule has 0 bridgehead atoms. The van der Waals surface area contributed by atoms with Crippen LogP contribution in [0.4, 0.5) is 18.9 Å². The van der Waals surface area contributed by atoms with Gasteiger partial charge in [0.25, 0.3) is 0 Å². The van der Waals surface area contributed by atoms with E-state index in [-0.39, 0.29) is 0 Å². The van der Waals surface area contributed by atoms with Crippen molar-refractivity contribution in [3.05, 3.63) is 28.7 Å². The second-order valence-electron chi connectivity index (χ2n) is 2.95. The zero-order chi connectivity index (χ0) is 11.5. The van der Waals surface area contributed by atoms with E-state index in [1.807, 2.05) is 0 Å². The summed E-state index contributed by atoms with van der Waals surface area (Å²) in [6.45, 7) is -0.550. The zero-order valence-corrected chi connectivity index (χ0v) is 9.14. The van der Waals surface area contributed by atoms with Gasteiger partial charge in [0.2, 0.25) is 0 Å². The number of aliphatic hydroxyl groups excluding tert-OH is 1. The number of hydrogen-bond acceptors (Lipinski definition) is 2. The Bertz CT molecular complexity index is 312. The number of aliphatic hydroxyl groups is 1. The Morgan fingerprint density at radius 2 is 1.80 bits per heavy atom. The molecule has 0 amide bonds. The van der Waals surface area contributed by atoms with Gasteiger partial charge in [-0.1, -0.05) is 15.9 Å². The Morgan fingerprint density at radius 3 is 2.27 bits per heavy atom. The Kier molecular flexibility index (Phi) is 3.98. The fourth-order valence-electron chi connectivity index (χ4n) is 0.898. The van der Waals surface area contributed by atoms with E-state index in [1.54, 1.807) is 24.3 Å². The van der Waals surface area contributed by atoms with E-state index < -0.39 is 18.8 Å². The van der Waals surface area contributed by atoms with Gasteiger partial charge in [-0.25, -0.2) is 0 Å². The van der Waals surface area contributed by atoms with Crippen molar-refractivity contribution in [2.45, 2.75) is 12.3 Å². The smallest absolute Gasteiger partial charge is 0.382 e. The van der Waals surface area contributed by atoms with Crippen LogP contribution in [-0.4, -0.2) is 23.9 Å². The Hall–Kier alpha value is -0.750. The van der Waals surface area contributed by atoms with E-state index in [1.165, 1.54) is 0 Å². The monoisotopic (exact) mass is 283 g/mol. The maximum absolute atomic E-state index is 11.9. The zero-order valence-electron chi connectivity index (χ0n) is 7.55. The number of hydrogen-bond donors (Lipinski definition) is 2. The molecule has 1 rings (SSSR count). The van der Waals surface area contributed by atoms with Crippen LogP contribution in [0.25, 0.3) is 0 Å². The van der Waals surface area contributed by atoms with E-state index in [2.05, 4.69) is 21.2 Å². The molecular formula is C9H9BrF3NO. The van der Waals surface area contributed by atoms with Gasteiger partial charge < -0.3 is 10.4 Å². The maximum Gasteiger partial charge on any atom is 0.416 e. The van der Waals surface area contributed by atoms with Gasteiger partial charge in [0.05, 0.1) is 0 Å². The number of anilines is 1. The first-order valence-corrected chi connectivity index (χ1v) is 4.93. The number of halogens is 4. The van der Waals surface area contributed by atoms with Crippen molar-refractivity contribution in [2.75, 3.05) is 11.9 Å². The number of rotatable bonds is 3. The summed E-state index contributed by atoms with van der Waals surface area (Å²) in [5.74, 6) is 0. The quantitative estimate of drug-likeness (QED) is 0.894. The van der Waals surface area contributed by atoms with Crippen molar-refractivity contribution >= 4 is 21.6 Å². The van der Waals surface area contributed by atoms with Gasteiger partial charge >= 0.3 is 6.18 Å². The Labute approximate surface area is 93.2 Å². The van der Waals surface area contributed by atoms with Gasteiger partial charge in [-0.3, -0.25) is 0 Å². The summed E-state index contributed by atoms with van der Waals surface area (Å²) < 4.78 is 36.6. The Morgan fingerprint density at radius 1 is 1.27 bits per heavy atom. The summed E-state index contributed by atoms with van der Waals surface area (Å²) in [6, 6.07) is 6.63. The largest absolute Gasteiger partial charge is 0.416 e. The first kappa shape index (κ1) is 12.3. The van der Waals surface area contributed by atoms with Crippen molar-refractivity contribution < 1.29 is 18.3 Å². The predicted octanol–water partition coefficient (Wildman–Crippen LogP) is 2.78. The van der Waals surface area contributed by atoms with E-state index in [9.17, 15) is 13.2 Å². The van der Waals surface area contributed by atoms with Gasteiger partial charge in [0, 0.05) is 16.7 Å².